The van der Waals surface area contributed by atoms with Crippen molar-refractivity contribution in [2.75, 3.05) is 6.61 Å². The summed E-state index contributed by atoms with van der Waals surface area (Å²) >= 11 is 1.05. The third kappa shape index (κ3) is 4.33. The van der Waals surface area contributed by atoms with Crippen LogP contribution in [0.5, 0.6) is 11.5 Å². The number of ether oxygens (including phenoxy) is 1. The Hall–Kier alpha value is -4.25. The number of aryl methyl sites for hydroxylation is 1. The SMILES string of the molecule is CCOC(=O)C1=C(C)N=c2s/c(=C/c3ccc(O)cc3O)c(=O)n2[C@@H]1c1ccc(C)c([N+](=O)[O-])c1. The molecule has 1 aliphatic heterocycles. The third-order valence-electron chi connectivity index (χ3n) is 5.56. The van der Waals surface area contributed by atoms with Gasteiger partial charge >= 0.3 is 5.97 Å². The van der Waals surface area contributed by atoms with Crippen molar-refractivity contribution < 1.29 is 24.7 Å². The largest absolute Gasteiger partial charge is 0.508 e. The molecule has 0 radical (unpaired) electrons. The number of allylic oxidation sites excluding steroid dienone is 1. The number of carbonyl (C=O) groups is 1. The summed E-state index contributed by atoms with van der Waals surface area (Å²) in [6.07, 6.45) is 1.45. The van der Waals surface area contributed by atoms with E-state index in [1.807, 2.05) is 0 Å². The fraction of sp³-hybridized carbons (Fsp3) is 0.208. The fourth-order valence-electron chi connectivity index (χ4n) is 3.90. The molecule has 4 rings (SSSR count). The number of nitro benzene ring substituents is 1. The van der Waals surface area contributed by atoms with Gasteiger partial charge in [-0.3, -0.25) is 19.5 Å². The number of carbonyl (C=O) groups excluding carboxylic acids is 1. The van der Waals surface area contributed by atoms with Gasteiger partial charge in [0.25, 0.3) is 11.2 Å². The van der Waals surface area contributed by atoms with Crippen LogP contribution >= 0.6 is 11.3 Å². The van der Waals surface area contributed by atoms with Crippen molar-refractivity contribution in [3.05, 3.63) is 94.2 Å². The van der Waals surface area contributed by atoms with Crippen LogP contribution < -0.4 is 14.9 Å². The van der Waals surface area contributed by atoms with Crippen LogP contribution in [0.15, 0.2) is 57.5 Å². The first kappa shape index (κ1) is 23.9. The summed E-state index contributed by atoms with van der Waals surface area (Å²) in [5.41, 5.74) is 0.901. The highest BCUT2D eigenvalue weighted by molar-refractivity contribution is 7.07. The first-order valence-electron chi connectivity index (χ1n) is 10.6. The highest BCUT2D eigenvalue weighted by Gasteiger charge is 2.34. The Bertz CT molecular complexity index is 1580. The van der Waals surface area contributed by atoms with Crippen LogP contribution in [0.3, 0.4) is 0 Å². The molecule has 2 heterocycles. The highest BCUT2D eigenvalue weighted by atomic mass is 32.1. The maximum atomic E-state index is 13.5. The standard InChI is InChI=1S/C24H21N3O7S/c1-4-34-23(31)20-13(3)25-24-26(21(20)15-6-5-12(2)17(9-15)27(32)33)22(30)19(35-24)10-14-7-8-16(28)11-18(14)29/h5-11,21,28-29H,4H2,1-3H3/b19-10+/t21-/m1/s1. The second kappa shape index (κ2) is 9.18. The minimum atomic E-state index is -1.000. The van der Waals surface area contributed by atoms with Crippen LogP contribution in [-0.4, -0.2) is 32.3 Å². The van der Waals surface area contributed by atoms with Crippen LogP contribution in [0.4, 0.5) is 5.69 Å². The van der Waals surface area contributed by atoms with E-state index in [1.165, 1.54) is 28.8 Å². The van der Waals surface area contributed by atoms with Gasteiger partial charge in [0.15, 0.2) is 4.80 Å². The Morgan fingerprint density at radius 3 is 2.66 bits per heavy atom. The molecule has 0 spiro atoms. The topological polar surface area (TPSA) is 144 Å². The molecular formula is C24H21N3O7S. The van der Waals surface area contributed by atoms with Gasteiger partial charge in [0.1, 0.15) is 11.5 Å². The van der Waals surface area contributed by atoms with E-state index >= 15 is 0 Å². The van der Waals surface area contributed by atoms with E-state index in [4.69, 9.17) is 4.74 Å². The second-order valence-electron chi connectivity index (χ2n) is 7.85. The quantitative estimate of drug-likeness (QED) is 0.314. The Labute approximate surface area is 202 Å². The lowest BCUT2D eigenvalue weighted by Gasteiger charge is -2.24. The molecule has 11 heteroatoms. The highest BCUT2D eigenvalue weighted by Crippen LogP contribution is 2.33. The monoisotopic (exact) mass is 495 g/mol. The van der Waals surface area contributed by atoms with Crippen molar-refractivity contribution in [1.82, 2.24) is 4.57 Å². The number of nitro groups is 1. The Morgan fingerprint density at radius 1 is 1.26 bits per heavy atom. The lowest BCUT2D eigenvalue weighted by atomic mass is 9.94. The van der Waals surface area contributed by atoms with Crippen molar-refractivity contribution in [3.63, 3.8) is 0 Å². The number of aromatic hydroxyl groups is 2. The van der Waals surface area contributed by atoms with Crippen molar-refractivity contribution >= 4 is 29.1 Å². The van der Waals surface area contributed by atoms with Crippen LogP contribution in [0.25, 0.3) is 6.08 Å². The van der Waals surface area contributed by atoms with E-state index in [-0.39, 0.29) is 33.9 Å². The van der Waals surface area contributed by atoms with Gasteiger partial charge in [-0.1, -0.05) is 23.5 Å². The van der Waals surface area contributed by atoms with Gasteiger partial charge in [0.05, 0.1) is 33.4 Å². The lowest BCUT2D eigenvalue weighted by Crippen LogP contribution is -2.40. The summed E-state index contributed by atoms with van der Waals surface area (Å²) in [5, 5.41) is 31.3. The minimum absolute atomic E-state index is 0.0981. The molecule has 0 saturated heterocycles. The average Bonchev–Trinajstić information content (AvgIpc) is 3.09. The molecule has 1 atom stereocenters. The fourth-order valence-corrected chi connectivity index (χ4v) is 4.93. The van der Waals surface area contributed by atoms with Crippen LogP contribution in [-0.2, 0) is 9.53 Å². The molecule has 2 aromatic carbocycles. The molecule has 10 nitrogen and oxygen atoms in total. The summed E-state index contributed by atoms with van der Waals surface area (Å²) in [6.45, 7) is 4.97. The molecule has 1 aliphatic rings. The summed E-state index contributed by atoms with van der Waals surface area (Å²) in [4.78, 5) is 42.3. The maximum absolute atomic E-state index is 13.5. The summed E-state index contributed by atoms with van der Waals surface area (Å²) in [6, 6.07) is 7.53. The van der Waals surface area contributed by atoms with E-state index in [0.29, 0.717) is 27.2 Å². The first-order chi connectivity index (χ1) is 16.6. The summed E-state index contributed by atoms with van der Waals surface area (Å²) < 4.78 is 6.75. The van der Waals surface area contributed by atoms with E-state index in [9.17, 15) is 29.9 Å². The number of hydrogen-bond acceptors (Lipinski definition) is 9. The molecule has 3 aromatic rings. The van der Waals surface area contributed by atoms with E-state index in [2.05, 4.69) is 4.99 Å². The lowest BCUT2D eigenvalue weighted by molar-refractivity contribution is -0.385. The van der Waals surface area contributed by atoms with Gasteiger partial charge in [-0.2, -0.15) is 0 Å². The normalized spacial score (nSPS) is 15.5. The number of aromatic nitrogens is 1. The van der Waals surface area contributed by atoms with Crippen molar-refractivity contribution in [3.8, 4) is 11.5 Å². The van der Waals surface area contributed by atoms with Gasteiger partial charge in [0.2, 0.25) is 0 Å². The molecule has 0 bridgehead atoms. The van der Waals surface area contributed by atoms with Gasteiger partial charge in [-0.25, -0.2) is 9.79 Å². The van der Waals surface area contributed by atoms with E-state index in [1.54, 1.807) is 32.9 Å². The number of hydrogen-bond donors (Lipinski definition) is 2. The number of rotatable bonds is 5. The molecule has 0 saturated carbocycles. The Kier molecular flexibility index (Phi) is 6.27. The Morgan fingerprint density at radius 2 is 2.00 bits per heavy atom. The van der Waals surface area contributed by atoms with Crippen LogP contribution in [0.2, 0.25) is 0 Å². The number of esters is 1. The first-order valence-corrected chi connectivity index (χ1v) is 11.4. The smallest absolute Gasteiger partial charge is 0.338 e. The number of fused-ring (bicyclic) bond motifs is 1. The van der Waals surface area contributed by atoms with Crippen molar-refractivity contribution in [2.45, 2.75) is 26.8 Å². The molecule has 0 unspecified atom stereocenters. The second-order valence-corrected chi connectivity index (χ2v) is 8.86. The number of benzene rings is 2. The van der Waals surface area contributed by atoms with Gasteiger partial charge in [-0.15, -0.1) is 0 Å². The molecule has 35 heavy (non-hydrogen) atoms. The molecule has 0 aliphatic carbocycles. The van der Waals surface area contributed by atoms with Crippen LogP contribution in [0, 0.1) is 17.0 Å². The summed E-state index contributed by atoms with van der Waals surface area (Å²) in [5.74, 6) is -1.02. The van der Waals surface area contributed by atoms with Gasteiger partial charge in [0, 0.05) is 23.3 Å². The molecule has 2 N–H and O–H groups in total. The Balaban J connectivity index is 2.00. The molecule has 1 aromatic heterocycles. The molecular weight excluding hydrogens is 474 g/mol. The zero-order valence-electron chi connectivity index (χ0n) is 19.0. The van der Waals surface area contributed by atoms with E-state index in [0.717, 1.165) is 17.4 Å². The van der Waals surface area contributed by atoms with Gasteiger partial charge in [-0.05, 0) is 44.5 Å². The maximum Gasteiger partial charge on any atom is 0.338 e. The van der Waals surface area contributed by atoms with Crippen molar-refractivity contribution in [1.29, 1.82) is 0 Å². The van der Waals surface area contributed by atoms with Crippen molar-refractivity contribution in [2.24, 2.45) is 4.99 Å². The van der Waals surface area contributed by atoms with E-state index < -0.39 is 22.5 Å². The van der Waals surface area contributed by atoms with Gasteiger partial charge < -0.3 is 14.9 Å². The summed E-state index contributed by atoms with van der Waals surface area (Å²) in [7, 11) is 0. The minimum Gasteiger partial charge on any atom is -0.508 e. The molecule has 0 fully saturated rings. The number of phenolic OH excluding ortho intramolecular Hbond substituents is 2. The molecule has 0 amide bonds. The molecule has 180 valence electrons. The average molecular weight is 496 g/mol. The predicted molar refractivity (Wildman–Crippen MR) is 128 cm³/mol. The van der Waals surface area contributed by atoms with Crippen LogP contribution in [0.1, 0.15) is 36.6 Å². The number of phenols is 2. The number of thiazole rings is 1. The third-order valence-corrected chi connectivity index (χ3v) is 6.55. The zero-order valence-corrected chi connectivity index (χ0v) is 19.8. The zero-order chi connectivity index (χ0) is 25.4. The number of nitrogens with zero attached hydrogens (tertiary/aromatic N) is 3. The predicted octanol–water partition coefficient (Wildman–Crippen LogP) is 2.43.